The molecule has 1 heterocycles. The lowest BCUT2D eigenvalue weighted by Crippen LogP contribution is -2.12. The summed E-state index contributed by atoms with van der Waals surface area (Å²) in [4.78, 5) is 4.26. The van der Waals surface area contributed by atoms with Crippen LogP contribution in [-0.2, 0) is 5.41 Å². The zero-order valence-electron chi connectivity index (χ0n) is 10.5. The summed E-state index contributed by atoms with van der Waals surface area (Å²) >= 11 is 3.49. The first-order valence-corrected chi connectivity index (χ1v) is 6.35. The molecule has 0 radical (unpaired) electrons. The van der Waals surface area contributed by atoms with E-state index in [1.54, 1.807) is 13.3 Å². The summed E-state index contributed by atoms with van der Waals surface area (Å²) in [5.41, 5.74) is 1.25. The number of aromatic nitrogens is 1. The Labute approximate surface area is 110 Å². The van der Waals surface area contributed by atoms with Gasteiger partial charge in [-0.1, -0.05) is 20.8 Å². The van der Waals surface area contributed by atoms with Crippen LogP contribution in [0.1, 0.15) is 26.3 Å². The van der Waals surface area contributed by atoms with Crippen molar-refractivity contribution in [3.05, 3.63) is 34.6 Å². The van der Waals surface area contributed by atoms with E-state index < -0.39 is 0 Å². The number of nitrogens with zero attached hydrogens (tertiary/aromatic N) is 1. The summed E-state index contributed by atoms with van der Waals surface area (Å²) < 4.78 is 6.36. The highest BCUT2D eigenvalue weighted by molar-refractivity contribution is 9.10. The molecule has 90 valence electrons. The van der Waals surface area contributed by atoms with Crippen molar-refractivity contribution in [3.63, 3.8) is 0 Å². The van der Waals surface area contributed by atoms with Crippen LogP contribution in [0.3, 0.4) is 0 Å². The molecule has 0 amide bonds. The first kappa shape index (κ1) is 12.4. The molecule has 0 N–H and O–H groups in total. The molecule has 17 heavy (non-hydrogen) atoms. The number of methoxy groups -OCH3 is 1. The molecular formula is C14H16BrNO. The van der Waals surface area contributed by atoms with Gasteiger partial charge >= 0.3 is 0 Å². The number of hydrogen-bond acceptors (Lipinski definition) is 2. The lowest BCUT2D eigenvalue weighted by Gasteiger charge is -2.22. The predicted octanol–water partition coefficient (Wildman–Crippen LogP) is 4.30. The first-order chi connectivity index (χ1) is 7.93. The average molecular weight is 294 g/mol. The molecule has 0 fully saturated rings. The minimum Gasteiger partial charge on any atom is -0.496 e. The molecule has 1 aromatic heterocycles. The second-order valence-electron chi connectivity index (χ2n) is 5.13. The van der Waals surface area contributed by atoms with E-state index in [9.17, 15) is 0 Å². The fourth-order valence-corrected chi connectivity index (χ4v) is 2.38. The molecule has 0 saturated carbocycles. The fourth-order valence-electron chi connectivity index (χ4n) is 1.92. The molecule has 0 unspecified atom stereocenters. The van der Waals surface area contributed by atoms with E-state index in [0.29, 0.717) is 0 Å². The fraction of sp³-hybridized carbons (Fsp3) is 0.357. The van der Waals surface area contributed by atoms with Gasteiger partial charge in [0, 0.05) is 17.1 Å². The largest absolute Gasteiger partial charge is 0.496 e. The second-order valence-corrected chi connectivity index (χ2v) is 5.88. The quantitative estimate of drug-likeness (QED) is 0.731. The molecule has 0 aliphatic heterocycles. The maximum absolute atomic E-state index is 5.48. The maximum atomic E-state index is 5.48. The summed E-state index contributed by atoms with van der Waals surface area (Å²) in [6, 6.07) is 6.22. The Balaban J connectivity index is 2.79. The monoisotopic (exact) mass is 293 g/mol. The van der Waals surface area contributed by atoms with Crippen molar-refractivity contribution in [1.82, 2.24) is 4.98 Å². The van der Waals surface area contributed by atoms with E-state index in [1.165, 1.54) is 5.56 Å². The summed E-state index contributed by atoms with van der Waals surface area (Å²) in [5, 5.41) is 2.26. The number of pyridine rings is 1. The highest BCUT2D eigenvalue weighted by Crippen LogP contribution is 2.36. The minimum absolute atomic E-state index is 0.0504. The molecule has 0 aliphatic carbocycles. The Hall–Kier alpha value is -1.09. The number of benzene rings is 1. The van der Waals surface area contributed by atoms with Crippen LogP contribution in [0, 0.1) is 0 Å². The van der Waals surface area contributed by atoms with Crippen LogP contribution in [0.25, 0.3) is 10.8 Å². The van der Waals surface area contributed by atoms with E-state index in [4.69, 9.17) is 4.74 Å². The van der Waals surface area contributed by atoms with E-state index in [-0.39, 0.29) is 5.41 Å². The third-order valence-corrected chi connectivity index (χ3v) is 3.48. The van der Waals surface area contributed by atoms with Crippen molar-refractivity contribution >= 4 is 26.7 Å². The molecule has 3 heteroatoms. The maximum Gasteiger partial charge on any atom is 0.123 e. The van der Waals surface area contributed by atoms with Gasteiger partial charge in [-0.05, 0) is 44.9 Å². The number of fused-ring (bicyclic) bond motifs is 1. The van der Waals surface area contributed by atoms with Crippen LogP contribution in [-0.4, -0.2) is 12.1 Å². The summed E-state index contributed by atoms with van der Waals surface area (Å²) in [6.45, 7) is 6.54. The predicted molar refractivity (Wildman–Crippen MR) is 74.7 cm³/mol. The topological polar surface area (TPSA) is 22.1 Å². The standard InChI is InChI=1S/C14H16BrNO/c1-14(2,3)11-8-10-9(7-12(11)17-4)5-6-16-13(10)15/h5-8H,1-4H3. The second kappa shape index (κ2) is 4.30. The van der Waals surface area contributed by atoms with Crippen LogP contribution in [0.5, 0.6) is 5.75 Å². The van der Waals surface area contributed by atoms with Gasteiger partial charge in [0.15, 0.2) is 0 Å². The molecule has 0 bridgehead atoms. The van der Waals surface area contributed by atoms with Gasteiger partial charge in [0.25, 0.3) is 0 Å². The van der Waals surface area contributed by atoms with Crippen molar-refractivity contribution in [2.75, 3.05) is 7.11 Å². The van der Waals surface area contributed by atoms with Crippen LogP contribution in [0.4, 0.5) is 0 Å². The van der Waals surface area contributed by atoms with Crippen molar-refractivity contribution < 1.29 is 4.74 Å². The third kappa shape index (κ3) is 2.29. The van der Waals surface area contributed by atoms with Crippen LogP contribution in [0.2, 0.25) is 0 Å². The summed E-state index contributed by atoms with van der Waals surface area (Å²) in [7, 11) is 1.71. The molecule has 2 aromatic rings. The Morgan fingerprint density at radius 2 is 1.94 bits per heavy atom. The average Bonchev–Trinajstić information content (AvgIpc) is 2.26. The lowest BCUT2D eigenvalue weighted by molar-refractivity contribution is 0.398. The molecule has 2 nitrogen and oxygen atoms in total. The van der Waals surface area contributed by atoms with E-state index in [1.807, 2.05) is 6.07 Å². The van der Waals surface area contributed by atoms with E-state index in [0.717, 1.165) is 21.1 Å². The van der Waals surface area contributed by atoms with Gasteiger partial charge in [0.1, 0.15) is 10.4 Å². The number of ether oxygens (including phenoxy) is 1. The van der Waals surface area contributed by atoms with Crippen molar-refractivity contribution in [1.29, 1.82) is 0 Å². The lowest BCUT2D eigenvalue weighted by atomic mass is 9.85. The van der Waals surface area contributed by atoms with Gasteiger partial charge in [-0.25, -0.2) is 4.98 Å². The number of hydrogen-bond donors (Lipinski definition) is 0. The molecule has 0 aliphatic rings. The van der Waals surface area contributed by atoms with Crippen LogP contribution >= 0.6 is 15.9 Å². The van der Waals surface area contributed by atoms with Crippen LogP contribution < -0.4 is 4.74 Å². The smallest absolute Gasteiger partial charge is 0.123 e. The molecule has 2 rings (SSSR count). The molecule has 0 atom stereocenters. The minimum atomic E-state index is 0.0504. The Kier molecular flexibility index (Phi) is 3.13. The van der Waals surface area contributed by atoms with Gasteiger partial charge in [0.05, 0.1) is 7.11 Å². The van der Waals surface area contributed by atoms with Crippen molar-refractivity contribution in [2.24, 2.45) is 0 Å². The Morgan fingerprint density at radius 1 is 1.24 bits per heavy atom. The Bertz CT molecular complexity index is 558. The highest BCUT2D eigenvalue weighted by atomic mass is 79.9. The first-order valence-electron chi connectivity index (χ1n) is 5.56. The van der Waals surface area contributed by atoms with Crippen molar-refractivity contribution in [3.8, 4) is 5.75 Å². The van der Waals surface area contributed by atoms with Crippen molar-refractivity contribution in [2.45, 2.75) is 26.2 Å². The van der Waals surface area contributed by atoms with E-state index >= 15 is 0 Å². The molecule has 1 aromatic carbocycles. The summed E-state index contributed by atoms with van der Waals surface area (Å²) in [6.07, 6.45) is 1.79. The zero-order chi connectivity index (χ0) is 12.6. The Morgan fingerprint density at radius 3 is 2.53 bits per heavy atom. The SMILES string of the molecule is COc1cc2ccnc(Br)c2cc1C(C)(C)C. The highest BCUT2D eigenvalue weighted by Gasteiger charge is 2.20. The van der Waals surface area contributed by atoms with Crippen LogP contribution in [0.15, 0.2) is 29.0 Å². The van der Waals surface area contributed by atoms with Gasteiger partial charge in [-0.2, -0.15) is 0 Å². The molecular weight excluding hydrogens is 278 g/mol. The summed E-state index contributed by atoms with van der Waals surface area (Å²) in [5.74, 6) is 0.933. The van der Waals surface area contributed by atoms with Gasteiger partial charge in [-0.3, -0.25) is 0 Å². The third-order valence-electron chi connectivity index (χ3n) is 2.84. The number of rotatable bonds is 1. The molecule has 0 saturated heterocycles. The van der Waals surface area contributed by atoms with Gasteiger partial charge in [0.2, 0.25) is 0 Å². The molecule has 0 spiro atoms. The van der Waals surface area contributed by atoms with E-state index in [2.05, 4.69) is 53.8 Å². The zero-order valence-corrected chi connectivity index (χ0v) is 12.1. The van der Waals surface area contributed by atoms with Gasteiger partial charge in [-0.15, -0.1) is 0 Å². The number of halogens is 1. The van der Waals surface area contributed by atoms with Gasteiger partial charge < -0.3 is 4.74 Å². The normalized spacial score (nSPS) is 11.8.